The second kappa shape index (κ2) is 6.70. The third-order valence-corrected chi connectivity index (χ3v) is 6.61. The summed E-state index contributed by atoms with van der Waals surface area (Å²) in [6, 6.07) is 18.4. The Labute approximate surface area is 173 Å². The number of nitrogens with zero attached hydrogens (tertiary/aromatic N) is 1. The van der Waals surface area contributed by atoms with Gasteiger partial charge < -0.3 is 4.90 Å². The van der Waals surface area contributed by atoms with Gasteiger partial charge in [-0.1, -0.05) is 56.8 Å². The maximum Gasteiger partial charge on any atom is 0.0602 e. The van der Waals surface area contributed by atoms with Gasteiger partial charge in [-0.2, -0.15) is 0 Å². The molecule has 0 saturated heterocycles. The first kappa shape index (κ1) is 19.1. The van der Waals surface area contributed by atoms with Gasteiger partial charge in [-0.15, -0.1) is 0 Å². The summed E-state index contributed by atoms with van der Waals surface area (Å²) in [7, 11) is 0. The first-order valence-corrected chi connectivity index (χ1v) is 10.8. The van der Waals surface area contributed by atoms with Gasteiger partial charge in [0, 0.05) is 9.79 Å². The van der Waals surface area contributed by atoms with E-state index in [1.807, 2.05) is 11.8 Å². The summed E-state index contributed by atoms with van der Waals surface area (Å²) in [5.74, 6) is 0. The molecule has 0 fully saturated rings. The van der Waals surface area contributed by atoms with Crippen molar-refractivity contribution in [3.63, 3.8) is 0 Å². The van der Waals surface area contributed by atoms with Crippen molar-refractivity contribution in [2.75, 3.05) is 4.90 Å². The Balaban J connectivity index is 1.98. The van der Waals surface area contributed by atoms with E-state index in [4.69, 9.17) is 0 Å². The molecule has 144 valence electrons. The van der Waals surface area contributed by atoms with Crippen molar-refractivity contribution in [2.24, 2.45) is 0 Å². The van der Waals surface area contributed by atoms with E-state index in [2.05, 4.69) is 102 Å². The molecular formula is C26H29NS. The maximum absolute atomic E-state index is 2.47. The number of aryl methyl sites for hydroxylation is 4. The fourth-order valence-electron chi connectivity index (χ4n) is 4.01. The van der Waals surface area contributed by atoms with Crippen LogP contribution in [0, 0.1) is 27.7 Å². The zero-order chi connectivity index (χ0) is 20.2. The predicted molar refractivity (Wildman–Crippen MR) is 123 cm³/mol. The first-order valence-electron chi connectivity index (χ1n) is 9.96. The van der Waals surface area contributed by atoms with E-state index in [1.54, 1.807) is 0 Å². The van der Waals surface area contributed by atoms with E-state index in [9.17, 15) is 0 Å². The van der Waals surface area contributed by atoms with Gasteiger partial charge in [0.1, 0.15) is 0 Å². The highest BCUT2D eigenvalue weighted by Crippen LogP contribution is 2.53. The van der Waals surface area contributed by atoms with Gasteiger partial charge in [0.05, 0.1) is 17.1 Å². The van der Waals surface area contributed by atoms with Crippen LogP contribution in [0.25, 0.3) is 0 Å². The zero-order valence-corrected chi connectivity index (χ0v) is 18.8. The average molecular weight is 388 g/mol. The molecule has 1 heterocycles. The van der Waals surface area contributed by atoms with E-state index < -0.39 is 0 Å². The van der Waals surface area contributed by atoms with Crippen LogP contribution in [0.1, 0.15) is 48.6 Å². The molecule has 2 heteroatoms. The zero-order valence-electron chi connectivity index (χ0n) is 18.0. The highest BCUT2D eigenvalue weighted by molar-refractivity contribution is 7.99. The van der Waals surface area contributed by atoms with Crippen LogP contribution in [0.2, 0.25) is 0 Å². The Hall–Kier alpha value is -2.19. The molecular weight excluding hydrogens is 358 g/mol. The second-order valence-electron chi connectivity index (χ2n) is 9.09. The molecule has 0 radical (unpaired) electrons. The lowest BCUT2D eigenvalue weighted by molar-refractivity contribution is 0.589. The van der Waals surface area contributed by atoms with Gasteiger partial charge in [0.15, 0.2) is 0 Å². The number of anilines is 3. The summed E-state index contributed by atoms with van der Waals surface area (Å²) in [6.45, 7) is 15.7. The van der Waals surface area contributed by atoms with Crippen molar-refractivity contribution in [1.29, 1.82) is 0 Å². The van der Waals surface area contributed by atoms with Gasteiger partial charge in [-0.3, -0.25) is 0 Å². The number of rotatable bonds is 1. The van der Waals surface area contributed by atoms with E-state index in [0.717, 1.165) is 0 Å². The van der Waals surface area contributed by atoms with E-state index in [1.165, 1.54) is 54.7 Å². The Bertz CT molecular complexity index is 998. The highest BCUT2D eigenvalue weighted by Gasteiger charge is 2.28. The minimum atomic E-state index is 0.149. The second-order valence-corrected chi connectivity index (χ2v) is 10.2. The summed E-state index contributed by atoms with van der Waals surface area (Å²) < 4.78 is 0. The Morgan fingerprint density at radius 2 is 1.14 bits per heavy atom. The summed E-state index contributed by atoms with van der Waals surface area (Å²) in [4.78, 5) is 5.13. The molecule has 0 spiro atoms. The normalized spacial score (nSPS) is 13.3. The molecule has 0 atom stereocenters. The molecule has 0 aliphatic carbocycles. The van der Waals surface area contributed by atoms with E-state index >= 15 is 0 Å². The van der Waals surface area contributed by atoms with Crippen molar-refractivity contribution < 1.29 is 0 Å². The molecule has 3 aromatic rings. The smallest absolute Gasteiger partial charge is 0.0602 e. The molecule has 1 nitrogen and oxygen atoms in total. The molecule has 0 amide bonds. The first-order chi connectivity index (χ1) is 13.1. The van der Waals surface area contributed by atoms with E-state index in [-0.39, 0.29) is 5.41 Å². The lowest BCUT2D eigenvalue weighted by Crippen LogP contribution is -2.19. The Morgan fingerprint density at radius 1 is 0.679 bits per heavy atom. The molecule has 1 aliphatic heterocycles. The van der Waals surface area contributed by atoms with Crippen LogP contribution in [0.4, 0.5) is 17.1 Å². The van der Waals surface area contributed by atoms with Crippen LogP contribution in [0.15, 0.2) is 58.3 Å². The molecule has 3 aromatic carbocycles. The Morgan fingerprint density at radius 3 is 1.57 bits per heavy atom. The lowest BCUT2D eigenvalue weighted by atomic mass is 9.84. The van der Waals surface area contributed by atoms with Gasteiger partial charge >= 0.3 is 0 Å². The predicted octanol–water partition coefficient (Wildman–Crippen LogP) is 8.15. The number of benzene rings is 3. The molecule has 28 heavy (non-hydrogen) atoms. The van der Waals surface area contributed by atoms with Crippen LogP contribution in [0.3, 0.4) is 0 Å². The maximum atomic E-state index is 2.47. The van der Waals surface area contributed by atoms with Crippen LogP contribution in [-0.2, 0) is 5.41 Å². The van der Waals surface area contributed by atoms with Gasteiger partial charge in [-0.25, -0.2) is 0 Å². The van der Waals surface area contributed by atoms with Gasteiger partial charge in [0.2, 0.25) is 0 Å². The van der Waals surface area contributed by atoms with Crippen molar-refractivity contribution in [1.82, 2.24) is 0 Å². The fourth-order valence-corrected chi connectivity index (χ4v) is 5.26. The minimum Gasteiger partial charge on any atom is -0.308 e. The van der Waals surface area contributed by atoms with Crippen LogP contribution in [0.5, 0.6) is 0 Å². The molecule has 0 aromatic heterocycles. The number of hydrogen-bond donors (Lipinski definition) is 0. The SMILES string of the molecule is Cc1ccc2c(c1)Sc1cc(C)ccc1N2c1c(C)cc(C(C)(C)C)cc1C. The lowest BCUT2D eigenvalue weighted by Gasteiger charge is -2.36. The molecule has 0 saturated carbocycles. The number of fused-ring (bicyclic) bond motifs is 2. The fraction of sp³-hybridized carbons (Fsp3) is 0.308. The van der Waals surface area contributed by atoms with Crippen molar-refractivity contribution in [3.8, 4) is 0 Å². The number of hydrogen-bond acceptors (Lipinski definition) is 2. The highest BCUT2D eigenvalue weighted by atomic mass is 32.2. The monoisotopic (exact) mass is 387 g/mol. The standard InChI is InChI=1S/C26H29NS/c1-16-8-10-21-23(12-16)28-24-13-17(2)9-11-22(24)27(21)25-18(3)14-20(15-19(25)4)26(5,6)7/h8-15H,1-7H3. The molecule has 0 unspecified atom stereocenters. The topological polar surface area (TPSA) is 3.24 Å². The molecule has 0 N–H and O–H groups in total. The Kier molecular flexibility index (Phi) is 4.58. The van der Waals surface area contributed by atoms with Crippen molar-refractivity contribution in [2.45, 2.75) is 63.7 Å². The average Bonchev–Trinajstić information content (AvgIpc) is 2.59. The van der Waals surface area contributed by atoms with Gasteiger partial charge in [-0.05, 0) is 85.2 Å². The van der Waals surface area contributed by atoms with Crippen LogP contribution >= 0.6 is 11.8 Å². The van der Waals surface area contributed by atoms with Crippen LogP contribution in [-0.4, -0.2) is 0 Å². The minimum absolute atomic E-state index is 0.149. The third kappa shape index (κ3) is 3.24. The van der Waals surface area contributed by atoms with Crippen molar-refractivity contribution in [3.05, 3.63) is 76.3 Å². The van der Waals surface area contributed by atoms with Gasteiger partial charge in [0.25, 0.3) is 0 Å². The summed E-state index contributed by atoms with van der Waals surface area (Å²) in [6.07, 6.45) is 0. The summed E-state index contributed by atoms with van der Waals surface area (Å²) in [5.41, 5.74) is 10.7. The largest absolute Gasteiger partial charge is 0.308 e. The molecule has 0 bridgehead atoms. The summed E-state index contributed by atoms with van der Waals surface area (Å²) >= 11 is 1.89. The quantitative estimate of drug-likeness (QED) is 0.324. The molecule has 1 aliphatic rings. The van der Waals surface area contributed by atoms with E-state index in [0.29, 0.717) is 0 Å². The van der Waals surface area contributed by atoms with Crippen molar-refractivity contribution >= 4 is 28.8 Å². The molecule has 4 rings (SSSR count). The summed E-state index contributed by atoms with van der Waals surface area (Å²) in [5, 5.41) is 0. The third-order valence-electron chi connectivity index (χ3n) is 5.51. The van der Waals surface area contributed by atoms with Crippen LogP contribution < -0.4 is 4.90 Å².